The Morgan fingerprint density at radius 2 is 1.95 bits per heavy atom. The molecule has 1 aromatic carbocycles. The van der Waals surface area contributed by atoms with Gasteiger partial charge in [0, 0.05) is 12.1 Å². The van der Waals surface area contributed by atoms with E-state index in [1.54, 1.807) is 14.2 Å². The number of aryl methyl sites for hydroxylation is 1. The maximum atomic E-state index is 5.42. The van der Waals surface area contributed by atoms with Crippen molar-refractivity contribution >= 4 is 21.6 Å². The molecule has 0 bridgehead atoms. The van der Waals surface area contributed by atoms with E-state index >= 15 is 0 Å². The van der Waals surface area contributed by atoms with E-state index in [4.69, 9.17) is 9.47 Å². The first-order chi connectivity index (χ1) is 9.65. The summed E-state index contributed by atoms with van der Waals surface area (Å²) in [7, 11) is 3.28. The average molecular weight is 337 g/mol. The van der Waals surface area contributed by atoms with E-state index in [1.807, 2.05) is 37.3 Å². The maximum absolute atomic E-state index is 5.42. The highest BCUT2D eigenvalue weighted by molar-refractivity contribution is 9.10. The second-order valence-corrected chi connectivity index (χ2v) is 5.09. The Morgan fingerprint density at radius 1 is 1.15 bits per heavy atom. The SMILES string of the molecule is COc1cccc(CNc2ccc(Br)nc2C)c1OC. The number of anilines is 1. The third-order valence-corrected chi connectivity index (χ3v) is 3.45. The van der Waals surface area contributed by atoms with Crippen molar-refractivity contribution in [3.63, 3.8) is 0 Å². The molecule has 5 heteroatoms. The van der Waals surface area contributed by atoms with Crippen LogP contribution in [0.5, 0.6) is 11.5 Å². The van der Waals surface area contributed by atoms with Crippen molar-refractivity contribution in [2.45, 2.75) is 13.5 Å². The van der Waals surface area contributed by atoms with Crippen LogP contribution in [-0.2, 0) is 6.54 Å². The highest BCUT2D eigenvalue weighted by Gasteiger charge is 2.09. The van der Waals surface area contributed by atoms with Gasteiger partial charge in [0.1, 0.15) is 4.60 Å². The predicted molar refractivity (Wildman–Crippen MR) is 83.5 cm³/mol. The minimum absolute atomic E-state index is 0.643. The van der Waals surface area contributed by atoms with Crippen LogP contribution in [0.4, 0.5) is 5.69 Å². The molecule has 0 aliphatic heterocycles. The molecule has 2 aromatic rings. The monoisotopic (exact) mass is 336 g/mol. The number of methoxy groups -OCH3 is 2. The van der Waals surface area contributed by atoms with Gasteiger partial charge in [0.2, 0.25) is 0 Å². The Bertz CT molecular complexity index is 602. The molecule has 1 N–H and O–H groups in total. The molecule has 4 nitrogen and oxygen atoms in total. The molecule has 0 aliphatic carbocycles. The number of ether oxygens (including phenoxy) is 2. The molecule has 106 valence electrons. The van der Waals surface area contributed by atoms with E-state index < -0.39 is 0 Å². The molecule has 20 heavy (non-hydrogen) atoms. The van der Waals surface area contributed by atoms with Gasteiger partial charge < -0.3 is 14.8 Å². The minimum Gasteiger partial charge on any atom is -0.493 e. The number of pyridine rings is 1. The van der Waals surface area contributed by atoms with Crippen molar-refractivity contribution in [3.8, 4) is 11.5 Å². The highest BCUT2D eigenvalue weighted by atomic mass is 79.9. The molecular weight excluding hydrogens is 320 g/mol. The summed E-state index contributed by atoms with van der Waals surface area (Å²) < 4.78 is 11.5. The number of halogens is 1. The topological polar surface area (TPSA) is 43.4 Å². The molecule has 0 atom stereocenters. The van der Waals surface area contributed by atoms with E-state index in [2.05, 4.69) is 26.2 Å². The van der Waals surface area contributed by atoms with Gasteiger partial charge in [-0.15, -0.1) is 0 Å². The molecule has 0 amide bonds. The fourth-order valence-electron chi connectivity index (χ4n) is 2.00. The fraction of sp³-hybridized carbons (Fsp3) is 0.267. The van der Waals surface area contributed by atoms with E-state index in [0.29, 0.717) is 6.54 Å². The molecule has 0 saturated heterocycles. The lowest BCUT2D eigenvalue weighted by Crippen LogP contribution is -2.04. The minimum atomic E-state index is 0.643. The standard InChI is InChI=1S/C15H17BrN2O2/c1-10-12(7-8-14(16)18-10)17-9-11-5-4-6-13(19-2)15(11)20-3/h4-8,17H,9H2,1-3H3. The molecule has 0 spiro atoms. The van der Waals surface area contributed by atoms with E-state index in [0.717, 1.165) is 33.0 Å². The zero-order chi connectivity index (χ0) is 14.5. The smallest absolute Gasteiger partial charge is 0.165 e. The molecule has 0 radical (unpaired) electrons. The zero-order valence-corrected chi connectivity index (χ0v) is 13.3. The highest BCUT2D eigenvalue weighted by Crippen LogP contribution is 2.31. The number of nitrogens with one attached hydrogen (secondary N) is 1. The quantitative estimate of drug-likeness (QED) is 0.844. The van der Waals surface area contributed by atoms with Gasteiger partial charge in [-0.1, -0.05) is 12.1 Å². The van der Waals surface area contributed by atoms with Gasteiger partial charge in [0.25, 0.3) is 0 Å². The molecule has 0 fully saturated rings. The molecular formula is C15H17BrN2O2. The fourth-order valence-corrected chi connectivity index (χ4v) is 2.40. The van der Waals surface area contributed by atoms with Crippen LogP contribution in [0.15, 0.2) is 34.9 Å². The first kappa shape index (κ1) is 14.7. The van der Waals surface area contributed by atoms with Crippen LogP contribution in [0.3, 0.4) is 0 Å². The largest absolute Gasteiger partial charge is 0.493 e. The van der Waals surface area contributed by atoms with Crippen molar-refractivity contribution < 1.29 is 9.47 Å². The van der Waals surface area contributed by atoms with Crippen molar-refractivity contribution in [1.29, 1.82) is 0 Å². The molecule has 0 aliphatic rings. The number of nitrogens with zero attached hydrogens (tertiary/aromatic N) is 1. The lowest BCUT2D eigenvalue weighted by Gasteiger charge is -2.14. The van der Waals surface area contributed by atoms with Gasteiger partial charge in [-0.05, 0) is 41.1 Å². The van der Waals surface area contributed by atoms with Crippen LogP contribution in [0, 0.1) is 6.92 Å². The molecule has 1 heterocycles. The number of aromatic nitrogens is 1. The number of hydrogen-bond donors (Lipinski definition) is 1. The van der Waals surface area contributed by atoms with Crippen LogP contribution < -0.4 is 14.8 Å². The van der Waals surface area contributed by atoms with E-state index in [-0.39, 0.29) is 0 Å². The first-order valence-corrected chi connectivity index (χ1v) is 7.02. The number of hydrogen-bond acceptors (Lipinski definition) is 4. The molecule has 0 saturated carbocycles. The number of rotatable bonds is 5. The summed E-state index contributed by atoms with van der Waals surface area (Å²) in [5.41, 5.74) is 2.98. The van der Waals surface area contributed by atoms with Gasteiger partial charge in [0.05, 0.1) is 25.6 Å². The Kier molecular flexibility index (Phi) is 4.84. The number of para-hydroxylation sites is 1. The Morgan fingerprint density at radius 3 is 2.60 bits per heavy atom. The lowest BCUT2D eigenvalue weighted by atomic mass is 10.1. The first-order valence-electron chi connectivity index (χ1n) is 6.22. The third kappa shape index (κ3) is 3.22. The van der Waals surface area contributed by atoms with Gasteiger partial charge in [-0.25, -0.2) is 4.98 Å². The van der Waals surface area contributed by atoms with Crippen molar-refractivity contribution in [1.82, 2.24) is 4.98 Å². The lowest BCUT2D eigenvalue weighted by molar-refractivity contribution is 0.352. The maximum Gasteiger partial charge on any atom is 0.165 e. The van der Waals surface area contributed by atoms with Crippen molar-refractivity contribution in [2.24, 2.45) is 0 Å². The van der Waals surface area contributed by atoms with Crippen molar-refractivity contribution in [3.05, 3.63) is 46.2 Å². The summed E-state index contributed by atoms with van der Waals surface area (Å²) in [4.78, 5) is 4.36. The summed E-state index contributed by atoms with van der Waals surface area (Å²) >= 11 is 3.36. The summed E-state index contributed by atoms with van der Waals surface area (Å²) in [6.07, 6.45) is 0. The summed E-state index contributed by atoms with van der Waals surface area (Å²) in [6.45, 7) is 2.61. The summed E-state index contributed by atoms with van der Waals surface area (Å²) in [5, 5.41) is 3.36. The van der Waals surface area contributed by atoms with Crippen LogP contribution in [0.25, 0.3) is 0 Å². The number of benzene rings is 1. The summed E-state index contributed by atoms with van der Waals surface area (Å²) in [5.74, 6) is 1.49. The van der Waals surface area contributed by atoms with Crippen LogP contribution in [0.2, 0.25) is 0 Å². The van der Waals surface area contributed by atoms with Gasteiger partial charge in [-0.3, -0.25) is 0 Å². The Balaban J connectivity index is 2.18. The van der Waals surface area contributed by atoms with Crippen LogP contribution >= 0.6 is 15.9 Å². The predicted octanol–water partition coefficient (Wildman–Crippen LogP) is 3.78. The molecule has 1 aromatic heterocycles. The second-order valence-electron chi connectivity index (χ2n) is 4.27. The molecule has 2 rings (SSSR count). The third-order valence-electron chi connectivity index (χ3n) is 3.01. The van der Waals surface area contributed by atoms with Gasteiger partial charge in [0.15, 0.2) is 11.5 Å². The zero-order valence-electron chi connectivity index (χ0n) is 11.7. The Hall–Kier alpha value is -1.75. The second kappa shape index (κ2) is 6.61. The van der Waals surface area contributed by atoms with Gasteiger partial charge >= 0.3 is 0 Å². The van der Waals surface area contributed by atoms with Crippen LogP contribution in [0.1, 0.15) is 11.3 Å². The van der Waals surface area contributed by atoms with E-state index in [9.17, 15) is 0 Å². The normalized spacial score (nSPS) is 10.2. The Labute approximate surface area is 127 Å². The summed E-state index contributed by atoms with van der Waals surface area (Å²) in [6, 6.07) is 9.76. The van der Waals surface area contributed by atoms with Gasteiger partial charge in [-0.2, -0.15) is 0 Å². The molecule has 0 unspecified atom stereocenters. The van der Waals surface area contributed by atoms with Crippen LogP contribution in [-0.4, -0.2) is 19.2 Å². The van der Waals surface area contributed by atoms with E-state index in [1.165, 1.54) is 0 Å². The average Bonchev–Trinajstić information content (AvgIpc) is 2.45. The van der Waals surface area contributed by atoms with Crippen molar-refractivity contribution in [2.75, 3.05) is 19.5 Å².